The second-order valence-electron chi connectivity index (χ2n) is 5.22. The van der Waals surface area contributed by atoms with Crippen LogP contribution in [0.5, 0.6) is 0 Å². The van der Waals surface area contributed by atoms with Gasteiger partial charge in [-0.2, -0.15) is 13.2 Å². The predicted octanol–water partition coefficient (Wildman–Crippen LogP) is 4.51. The van der Waals surface area contributed by atoms with Crippen molar-refractivity contribution in [3.8, 4) is 0 Å². The average Bonchev–Trinajstić information content (AvgIpc) is 3.04. The molecule has 2 N–H and O–H groups in total. The van der Waals surface area contributed by atoms with Crippen LogP contribution in [0.25, 0.3) is 10.9 Å². The zero-order chi connectivity index (χ0) is 16.8. The van der Waals surface area contributed by atoms with Crippen LogP contribution in [0.15, 0.2) is 23.6 Å². The Balaban J connectivity index is 1.86. The van der Waals surface area contributed by atoms with E-state index in [0.29, 0.717) is 0 Å². The van der Waals surface area contributed by atoms with Gasteiger partial charge in [-0.1, -0.05) is 6.07 Å². The van der Waals surface area contributed by atoms with Crippen LogP contribution < -0.4 is 5.32 Å². The molecule has 2 aromatic heterocycles. The van der Waals surface area contributed by atoms with Gasteiger partial charge in [0.15, 0.2) is 10.8 Å². The van der Waals surface area contributed by atoms with E-state index in [9.17, 15) is 18.0 Å². The van der Waals surface area contributed by atoms with E-state index in [4.69, 9.17) is 0 Å². The third kappa shape index (κ3) is 3.07. The van der Waals surface area contributed by atoms with Gasteiger partial charge in [0, 0.05) is 16.3 Å². The van der Waals surface area contributed by atoms with Crippen LogP contribution in [0.1, 0.15) is 27.3 Å². The number of H-pyrrole nitrogens is 1. The molecule has 0 aliphatic rings. The Kier molecular flexibility index (Phi) is 3.63. The molecule has 0 aliphatic carbocycles. The van der Waals surface area contributed by atoms with E-state index < -0.39 is 17.8 Å². The van der Waals surface area contributed by atoms with Crippen molar-refractivity contribution in [1.82, 2.24) is 9.97 Å². The number of amides is 1. The van der Waals surface area contributed by atoms with E-state index >= 15 is 0 Å². The maximum absolute atomic E-state index is 12.5. The summed E-state index contributed by atoms with van der Waals surface area (Å²) >= 11 is 0.735. The Morgan fingerprint density at radius 1 is 1.26 bits per heavy atom. The molecule has 0 radical (unpaired) electrons. The number of carbonyl (C=O) groups excluding carboxylic acids is 1. The Hall–Kier alpha value is -2.35. The predicted molar refractivity (Wildman–Crippen MR) is 82.8 cm³/mol. The number of nitrogens with one attached hydrogen (secondary N) is 2. The molecule has 0 aliphatic heterocycles. The smallest absolute Gasteiger partial charge is 0.351 e. The normalized spacial score (nSPS) is 11.9. The van der Waals surface area contributed by atoms with Gasteiger partial charge in [-0.05, 0) is 37.1 Å². The fourth-order valence-corrected chi connectivity index (χ4v) is 3.06. The van der Waals surface area contributed by atoms with Crippen LogP contribution >= 0.6 is 11.3 Å². The highest BCUT2D eigenvalue weighted by molar-refractivity contribution is 7.14. The molecule has 120 valence electrons. The minimum atomic E-state index is -4.52. The largest absolute Gasteiger partial charge is 0.434 e. The number of hydrogen-bond acceptors (Lipinski definition) is 3. The highest BCUT2D eigenvalue weighted by Crippen LogP contribution is 2.31. The summed E-state index contributed by atoms with van der Waals surface area (Å²) in [5.41, 5.74) is 2.14. The zero-order valence-electron chi connectivity index (χ0n) is 12.2. The number of halogens is 3. The van der Waals surface area contributed by atoms with Crippen LogP contribution in [0.4, 0.5) is 18.3 Å². The number of hydrogen-bond donors (Lipinski definition) is 2. The van der Waals surface area contributed by atoms with Gasteiger partial charge < -0.3 is 4.98 Å². The summed E-state index contributed by atoms with van der Waals surface area (Å²) in [6, 6.07) is 5.58. The summed E-state index contributed by atoms with van der Waals surface area (Å²) in [4.78, 5) is 18.5. The minimum absolute atomic E-state index is 0.0890. The van der Waals surface area contributed by atoms with Gasteiger partial charge >= 0.3 is 6.18 Å². The fraction of sp³-hybridized carbons (Fsp3) is 0.200. The van der Waals surface area contributed by atoms with Gasteiger partial charge in [-0.25, -0.2) is 4.98 Å². The molecule has 8 heteroatoms. The first-order valence-corrected chi connectivity index (χ1v) is 7.56. The van der Waals surface area contributed by atoms with E-state index in [0.717, 1.165) is 38.7 Å². The molecule has 0 spiro atoms. The molecule has 23 heavy (non-hydrogen) atoms. The SMILES string of the molecule is Cc1cc(C)c2cc(C(=O)Nc3nc(C(F)(F)F)cs3)[nH]c2c1. The number of rotatable bonds is 2. The maximum Gasteiger partial charge on any atom is 0.434 e. The summed E-state index contributed by atoms with van der Waals surface area (Å²) < 4.78 is 37.5. The molecule has 1 aromatic carbocycles. The molecule has 0 atom stereocenters. The van der Waals surface area contributed by atoms with Crippen LogP contribution in [-0.2, 0) is 6.18 Å². The lowest BCUT2D eigenvalue weighted by Gasteiger charge is -2.01. The number of aryl methyl sites for hydroxylation is 2. The third-order valence-electron chi connectivity index (χ3n) is 3.35. The third-order valence-corrected chi connectivity index (χ3v) is 4.11. The number of carbonyl (C=O) groups is 1. The molecule has 2 heterocycles. The zero-order valence-corrected chi connectivity index (χ0v) is 13.0. The highest BCUT2D eigenvalue weighted by Gasteiger charge is 2.34. The molecule has 0 saturated heterocycles. The van der Waals surface area contributed by atoms with Crippen LogP contribution in [0, 0.1) is 13.8 Å². The molecule has 0 fully saturated rings. The molecule has 0 bridgehead atoms. The molecule has 3 rings (SSSR count). The number of aromatic amines is 1. The summed E-state index contributed by atoms with van der Waals surface area (Å²) in [6.07, 6.45) is -4.52. The lowest BCUT2D eigenvalue weighted by molar-refractivity contribution is -0.140. The van der Waals surface area contributed by atoms with Crippen molar-refractivity contribution in [1.29, 1.82) is 0 Å². The Bertz CT molecular complexity index is 895. The minimum Gasteiger partial charge on any atom is -0.351 e. The molecule has 3 aromatic rings. The second-order valence-corrected chi connectivity index (χ2v) is 6.07. The van der Waals surface area contributed by atoms with E-state index in [1.54, 1.807) is 6.07 Å². The molecule has 0 saturated carbocycles. The van der Waals surface area contributed by atoms with Gasteiger partial charge in [-0.15, -0.1) is 11.3 Å². The fourth-order valence-electron chi connectivity index (χ4n) is 2.35. The van der Waals surface area contributed by atoms with Crippen molar-refractivity contribution in [3.63, 3.8) is 0 Å². The standard InChI is InChI=1S/C15H12F3N3OS/c1-7-3-8(2)9-5-11(19-10(9)4-7)13(22)21-14-20-12(6-23-14)15(16,17)18/h3-6,19H,1-2H3,(H,20,21,22). The first-order valence-electron chi connectivity index (χ1n) is 6.68. The van der Waals surface area contributed by atoms with Crippen molar-refractivity contribution in [2.75, 3.05) is 5.32 Å². The Morgan fingerprint density at radius 2 is 2.00 bits per heavy atom. The number of alkyl halides is 3. The number of nitrogens with zero attached hydrogens (tertiary/aromatic N) is 1. The Morgan fingerprint density at radius 3 is 2.65 bits per heavy atom. The number of thiazole rings is 1. The van der Waals surface area contributed by atoms with Crippen LogP contribution in [0.3, 0.4) is 0 Å². The quantitative estimate of drug-likeness (QED) is 0.721. The summed E-state index contributed by atoms with van der Waals surface area (Å²) in [6.45, 7) is 3.88. The summed E-state index contributed by atoms with van der Waals surface area (Å²) in [7, 11) is 0. The van der Waals surface area contributed by atoms with E-state index in [1.165, 1.54) is 0 Å². The topological polar surface area (TPSA) is 57.8 Å². The maximum atomic E-state index is 12.5. The summed E-state index contributed by atoms with van der Waals surface area (Å²) in [5, 5.41) is 4.06. The first kappa shape index (κ1) is 15.5. The van der Waals surface area contributed by atoms with Crippen molar-refractivity contribution in [2.45, 2.75) is 20.0 Å². The van der Waals surface area contributed by atoms with E-state index in [2.05, 4.69) is 15.3 Å². The molecular weight excluding hydrogens is 327 g/mol. The van der Waals surface area contributed by atoms with Crippen LogP contribution in [-0.4, -0.2) is 15.9 Å². The average molecular weight is 339 g/mol. The van der Waals surface area contributed by atoms with Crippen molar-refractivity contribution in [2.24, 2.45) is 0 Å². The Labute approximate surface area is 133 Å². The first-order chi connectivity index (χ1) is 10.7. The van der Waals surface area contributed by atoms with Gasteiger partial charge in [0.1, 0.15) is 5.69 Å². The molecule has 1 amide bonds. The van der Waals surface area contributed by atoms with Gasteiger partial charge in [0.2, 0.25) is 0 Å². The van der Waals surface area contributed by atoms with Crippen molar-refractivity contribution < 1.29 is 18.0 Å². The van der Waals surface area contributed by atoms with Crippen molar-refractivity contribution in [3.05, 3.63) is 46.1 Å². The van der Waals surface area contributed by atoms with Crippen LogP contribution in [0.2, 0.25) is 0 Å². The van der Waals surface area contributed by atoms with Crippen molar-refractivity contribution >= 4 is 33.3 Å². The lowest BCUT2D eigenvalue weighted by Crippen LogP contribution is -2.13. The molecule has 4 nitrogen and oxygen atoms in total. The number of aromatic nitrogens is 2. The number of anilines is 1. The van der Waals surface area contributed by atoms with Gasteiger partial charge in [-0.3, -0.25) is 10.1 Å². The highest BCUT2D eigenvalue weighted by atomic mass is 32.1. The van der Waals surface area contributed by atoms with Gasteiger partial charge in [0.05, 0.1) is 0 Å². The van der Waals surface area contributed by atoms with E-state index in [-0.39, 0.29) is 10.8 Å². The number of fused-ring (bicyclic) bond motifs is 1. The molecular formula is C15H12F3N3OS. The molecule has 0 unspecified atom stereocenters. The summed E-state index contributed by atoms with van der Waals surface area (Å²) in [5.74, 6) is -0.527. The lowest BCUT2D eigenvalue weighted by atomic mass is 10.1. The monoisotopic (exact) mass is 339 g/mol. The number of benzene rings is 1. The van der Waals surface area contributed by atoms with Gasteiger partial charge in [0.25, 0.3) is 5.91 Å². The second kappa shape index (κ2) is 5.38. The van der Waals surface area contributed by atoms with E-state index in [1.807, 2.05) is 26.0 Å².